The SMILES string of the molecule is CCOC1C(O)CC1Oc1cccc(C(C)C)c1. The summed E-state index contributed by atoms with van der Waals surface area (Å²) in [6, 6.07) is 8.14. The number of ether oxygens (including phenoxy) is 2. The van der Waals surface area contributed by atoms with E-state index in [4.69, 9.17) is 9.47 Å². The van der Waals surface area contributed by atoms with E-state index in [1.54, 1.807) is 0 Å². The molecule has 1 aromatic rings. The Hall–Kier alpha value is -1.06. The van der Waals surface area contributed by atoms with E-state index in [-0.39, 0.29) is 18.3 Å². The Morgan fingerprint density at radius 2 is 2.17 bits per heavy atom. The van der Waals surface area contributed by atoms with Crippen LogP contribution >= 0.6 is 0 Å². The first-order valence-corrected chi connectivity index (χ1v) is 6.68. The molecule has 100 valence electrons. The lowest BCUT2D eigenvalue weighted by molar-refractivity contribution is -0.160. The maximum Gasteiger partial charge on any atom is 0.130 e. The number of rotatable bonds is 5. The van der Waals surface area contributed by atoms with Gasteiger partial charge in [-0.3, -0.25) is 0 Å². The molecule has 1 aliphatic carbocycles. The number of aliphatic hydroxyl groups excluding tert-OH is 1. The maximum absolute atomic E-state index is 9.63. The fourth-order valence-corrected chi connectivity index (χ4v) is 2.21. The minimum absolute atomic E-state index is 0.0256. The molecule has 0 aliphatic heterocycles. The van der Waals surface area contributed by atoms with Crippen molar-refractivity contribution in [2.24, 2.45) is 0 Å². The van der Waals surface area contributed by atoms with Gasteiger partial charge < -0.3 is 14.6 Å². The zero-order chi connectivity index (χ0) is 13.1. The van der Waals surface area contributed by atoms with Gasteiger partial charge in [-0.2, -0.15) is 0 Å². The average molecular weight is 250 g/mol. The van der Waals surface area contributed by atoms with Gasteiger partial charge in [0, 0.05) is 13.0 Å². The summed E-state index contributed by atoms with van der Waals surface area (Å²) in [5.41, 5.74) is 1.26. The molecule has 0 amide bonds. The summed E-state index contributed by atoms with van der Waals surface area (Å²) < 4.78 is 11.4. The van der Waals surface area contributed by atoms with E-state index in [0.717, 1.165) is 5.75 Å². The van der Waals surface area contributed by atoms with Crippen molar-refractivity contribution in [2.75, 3.05) is 6.61 Å². The van der Waals surface area contributed by atoms with Crippen LogP contribution < -0.4 is 4.74 Å². The molecule has 1 fully saturated rings. The third-order valence-electron chi connectivity index (χ3n) is 3.39. The van der Waals surface area contributed by atoms with E-state index >= 15 is 0 Å². The summed E-state index contributed by atoms with van der Waals surface area (Å²) in [4.78, 5) is 0. The summed E-state index contributed by atoms with van der Waals surface area (Å²) >= 11 is 0. The van der Waals surface area contributed by atoms with Crippen molar-refractivity contribution in [3.05, 3.63) is 29.8 Å². The van der Waals surface area contributed by atoms with Crippen LogP contribution in [0, 0.1) is 0 Å². The molecular weight excluding hydrogens is 228 g/mol. The van der Waals surface area contributed by atoms with Gasteiger partial charge in [0.15, 0.2) is 0 Å². The van der Waals surface area contributed by atoms with Crippen molar-refractivity contribution in [1.29, 1.82) is 0 Å². The zero-order valence-corrected chi connectivity index (χ0v) is 11.3. The van der Waals surface area contributed by atoms with E-state index in [9.17, 15) is 5.11 Å². The minimum Gasteiger partial charge on any atom is -0.488 e. The van der Waals surface area contributed by atoms with Gasteiger partial charge in [-0.25, -0.2) is 0 Å². The molecule has 0 heterocycles. The molecule has 0 radical (unpaired) electrons. The van der Waals surface area contributed by atoms with Gasteiger partial charge >= 0.3 is 0 Å². The van der Waals surface area contributed by atoms with E-state index in [1.807, 2.05) is 19.1 Å². The van der Waals surface area contributed by atoms with Crippen molar-refractivity contribution < 1.29 is 14.6 Å². The van der Waals surface area contributed by atoms with Gasteiger partial charge in [0.25, 0.3) is 0 Å². The monoisotopic (exact) mass is 250 g/mol. The van der Waals surface area contributed by atoms with Crippen molar-refractivity contribution in [3.8, 4) is 5.75 Å². The lowest BCUT2D eigenvalue weighted by Crippen LogP contribution is -2.55. The van der Waals surface area contributed by atoms with Crippen LogP contribution in [0.15, 0.2) is 24.3 Å². The number of hydrogen-bond donors (Lipinski definition) is 1. The summed E-state index contributed by atoms with van der Waals surface area (Å²) in [7, 11) is 0. The highest BCUT2D eigenvalue weighted by molar-refractivity contribution is 5.30. The Bertz CT molecular complexity index is 389. The number of benzene rings is 1. The van der Waals surface area contributed by atoms with Crippen molar-refractivity contribution in [1.82, 2.24) is 0 Å². The number of aliphatic hydroxyl groups is 1. The van der Waals surface area contributed by atoms with Crippen LogP contribution in [0.1, 0.15) is 38.7 Å². The van der Waals surface area contributed by atoms with Crippen LogP contribution in [-0.2, 0) is 4.74 Å². The molecule has 3 heteroatoms. The normalized spacial score (nSPS) is 27.1. The molecule has 18 heavy (non-hydrogen) atoms. The summed E-state index contributed by atoms with van der Waals surface area (Å²) in [5.74, 6) is 1.35. The molecule has 0 saturated heterocycles. The van der Waals surface area contributed by atoms with Gasteiger partial charge in [-0.1, -0.05) is 26.0 Å². The standard InChI is InChI=1S/C15H22O3/c1-4-17-15-13(16)9-14(15)18-12-7-5-6-11(8-12)10(2)3/h5-8,10,13-16H,4,9H2,1-3H3. The second-order valence-corrected chi connectivity index (χ2v) is 5.11. The molecule has 0 spiro atoms. The molecule has 1 N–H and O–H groups in total. The molecule has 3 nitrogen and oxygen atoms in total. The van der Waals surface area contributed by atoms with E-state index in [1.165, 1.54) is 5.56 Å². The zero-order valence-electron chi connectivity index (χ0n) is 11.3. The van der Waals surface area contributed by atoms with E-state index in [2.05, 4.69) is 26.0 Å². The fraction of sp³-hybridized carbons (Fsp3) is 0.600. The van der Waals surface area contributed by atoms with Gasteiger partial charge in [-0.05, 0) is 30.5 Å². The molecule has 1 saturated carbocycles. The first-order valence-electron chi connectivity index (χ1n) is 6.68. The molecule has 1 aromatic carbocycles. The lowest BCUT2D eigenvalue weighted by Gasteiger charge is -2.40. The second-order valence-electron chi connectivity index (χ2n) is 5.11. The van der Waals surface area contributed by atoms with Crippen LogP contribution in [0.5, 0.6) is 5.75 Å². The van der Waals surface area contributed by atoms with Gasteiger partial charge in [0.1, 0.15) is 18.0 Å². The van der Waals surface area contributed by atoms with Crippen LogP contribution in [0.25, 0.3) is 0 Å². The average Bonchev–Trinajstić information content (AvgIpc) is 2.36. The summed E-state index contributed by atoms with van der Waals surface area (Å²) in [6.07, 6.45) is 0.0552. The second kappa shape index (κ2) is 5.72. The highest BCUT2D eigenvalue weighted by Gasteiger charge is 2.42. The van der Waals surface area contributed by atoms with Crippen LogP contribution in [0.4, 0.5) is 0 Å². The minimum atomic E-state index is -0.386. The first kappa shape index (κ1) is 13.4. The maximum atomic E-state index is 9.63. The molecule has 2 rings (SSSR count). The topological polar surface area (TPSA) is 38.7 Å². The predicted molar refractivity (Wildman–Crippen MR) is 71.0 cm³/mol. The smallest absolute Gasteiger partial charge is 0.130 e. The van der Waals surface area contributed by atoms with Gasteiger partial charge in [0.05, 0.1) is 6.10 Å². The van der Waals surface area contributed by atoms with Crippen LogP contribution in [-0.4, -0.2) is 30.0 Å². The van der Waals surface area contributed by atoms with Crippen molar-refractivity contribution in [3.63, 3.8) is 0 Å². The highest BCUT2D eigenvalue weighted by Crippen LogP contribution is 2.30. The molecule has 0 bridgehead atoms. The molecular formula is C15H22O3. The van der Waals surface area contributed by atoms with Crippen molar-refractivity contribution in [2.45, 2.75) is 51.4 Å². The molecule has 3 atom stereocenters. The molecule has 1 aliphatic rings. The Kier molecular flexibility index (Phi) is 4.25. The van der Waals surface area contributed by atoms with E-state index < -0.39 is 0 Å². The summed E-state index contributed by atoms with van der Waals surface area (Å²) in [5, 5.41) is 9.63. The largest absolute Gasteiger partial charge is 0.488 e. The quantitative estimate of drug-likeness (QED) is 0.873. The number of hydrogen-bond acceptors (Lipinski definition) is 3. The third kappa shape index (κ3) is 2.85. The lowest BCUT2D eigenvalue weighted by atomic mass is 9.88. The third-order valence-corrected chi connectivity index (χ3v) is 3.39. The Morgan fingerprint density at radius 3 is 2.78 bits per heavy atom. The van der Waals surface area contributed by atoms with Crippen LogP contribution in [0.3, 0.4) is 0 Å². The van der Waals surface area contributed by atoms with Gasteiger partial charge in [-0.15, -0.1) is 0 Å². The summed E-state index contributed by atoms with van der Waals surface area (Å²) in [6.45, 7) is 6.86. The fourth-order valence-electron chi connectivity index (χ4n) is 2.21. The Morgan fingerprint density at radius 1 is 1.39 bits per heavy atom. The van der Waals surface area contributed by atoms with Crippen LogP contribution in [0.2, 0.25) is 0 Å². The van der Waals surface area contributed by atoms with Crippen molar-refractivity contribution >= 4 is 0 Å². The first-order chi connectivity index (χ1) is 8.61. The van der Waals surface area contributed by atoms with E-state index in [0.29, 0.717) is 18.9 Å². The molecule has 0 aromatic heterocycles. The Labute approximate surface area is 109 Å². The predicted octanol–water partition coefficient (Wildman–Crippen LogP) is 2.73. The Balaban J connectivity index is 1.99. The van der Waals surface area contributed by atoms with Gasteiger partial charge in [0.2, 0.25) is 0 Å². The highest BCUT2D eigenvalue weighted by atomic mass is 16.6. The molecule has 3 unspecified atom stereocenters.